The van der Waals surface area contributed by atoms with Crippen LogP contribution in [0.5, 0.6) is 11.5 Å². The lowest BCUT2D eigenvalue weighted by Gasteiger charge is -2.13. The molecule has 26 heavy (non-hydrogen) atoms. The Morgan fingerprint density at radius 3 is 2.23 bits per heavy atom. The number of nitrogen functional groups attached to an aromatic ring is 1. The highest BCUT2D eigenvalue weighted by atomic mass is 19.1. The summed E-state index contributed by atoms with van der Waals surface area (Å²) in [6.45, 7) is 0. The molecule has 0 radical (unpaired) electrons. The second-order valence-corrected chi connectivity index (χ2v) is 5.54. The molecule has 0 fully saturated rings. The summed E-state index contributed by atoms with van der Waals surface area (Å²) in [6, 6.07) is 13.4. The molecule has 0 saturated carbocycles. The molecule has 2 N–H and O–H groups in total. The van der Waals surface area contributed by atoms with Crippen LogP contribution in [0.25, 0.3) is 22.4 Å². The first kappa shape index (κ1) is 17.3. The topological polar surface area (TPSA) is 57.4 Å². The number of hydrogen-bond donors (Lipinski definition) is 1. The van der Waals surface area contributed by atoms with E-state index in [9.17, 15) is 4.39 Å². The van der Waals surface area contributed by atoms with E-state index in [1.807, 2.05) is 18.2 Å². The van der Waals surface area contributed by atoms with E-state index in [2.05, 4.69) is 10.9 Å². The molecule has 1 heterocycles. The van der Waals surface area contributed by atoms with Gasteiger partial charge in [-0.2, -0.15) is 0 Å². The average molecular weight is 348 g/mol. The number of halogens is 1. The van der Waals surface area contributed by atoms with Gasteiger partial charge >= 0.3 is 0 Å². The Labute approximate surface area is 151 Å². The third kappa shape index (κ3) is 3.17. The lowest BCUT2D eigenvalue weighted by atomic mass is 9.97. The molecule has 0 aliphatic heterocycles. The van der Waals surface area contributed by atoms with E-state index in [0.717, 1.165) is 16.7 Å². The number of aromatic nitrogens is 1. The van der Waals surface area contributed by atoms with Gasteiger partial charge in [-0.25, -0.2) is 9.37 Å². The zero-order valence-electron chi connectivity index (χ0n) is 14.4. The number of pyridine rings is 1. The number of benzene rings is 2. The van der Waals surface area contributed by atoms with Gasteiger partial charge in [-0.05, 0) is 48.0 Å². The monoisotopic (exact) mass is 348 g/mol. The SMILES string of the molecule is C#Cc1c(-c2ccc(OC)c(OC)c2)cc(-c2ccc(F)cc2)nc1N. The van der Waals surface area contributed by atoms with Crippen LogP contribution in [0.15, 0.2) is 48.5 Å². The smallest absolute Gasteiger partial charge is 0.161 e. The minimum atomic E-state index is -0.318. The van der Waals surface area contributed by atoms with Crippen molar-refractivity contribution >= 4 is 5.82 Å². The van der Waals surface area contributed by atoms with E-state index in [4.69, 9.17) is 21.6 Å². The maximum atomic E-state index is 13.2. The third-order valence-corrected chi connectivity index (χ3v) is 4.03. The molecular formula is C21H17FN2O2. The molecule has 130 valence electrons. The van der Waals surface area contributed by atoms with Crippen LogP contribution in [-0.2, 0) is 0 Å². The van der Waals surface area contributed by atoms with Crippen LogP contribution in [0.1, 0.15) is 5.56 Å². The number of methoxy groups -OCH3 is 2. The van der Waals surface area contributed by atoms with E-state index >= 15 is 0 Å². The molecule has 0 aliphatic rings. The first-order chi connectivity index (χ1) is 12.6. The van der Waals surface area contributed by atoms with Gasteiger partial charge in [0.2, 0.25) is 0 Å². The molecule has 0 atom stereocenters. The quantitative estimate of drug-likeness (QED) is 0.720. The summed E-state index contributed by atoms with van der Waals surface area (Å²) in [5.41, 5.74) is 9.46. The summed E-state index contributed by atoms with van der Waals surface area (Å²) in [6.07, 6.45) is 5.65. The zero-order chi connectivity index (χ0) is 18.7. The average Bonchev–Trinajstić information content (AvgIpc) is 2.67. The van der Waals surface area contributed by atoms with Gasteiger partial charge in [0.25, 0.3) is 0 Å². The molecule has 0 unspecified atom stereocenters. The number of nitrogens with zero attached hydrogens (tertiary/aromatic N) is 1. The number of terminal acetylenes is 1. The summed E-state index contributed by atoms with van der Waals surface area (Å²) in [5.74, 6) is 3.70. The fourth-order valence-electron chi connectivity index (χ4n) is 2.72. The van der Waals surface area contributed by atoms with Crippen molar-refractivity contribution in [2.75, 3.05) is 20.0 Å². The minimum Gasteiger partial charge on any atom is -0.493 e. The van der Waals surface area contributed by atoms with Crippen LogP contribution in [-0.4, -0.2) is 19.2 Å². The van der Waals surface area contributed by atoms with Crippen molar-refractivity contribution in [2.45, 2.75) is 0 Å². The summed E-state index contributed by atoms with van der Waals surface area (Å²) in [4.78, 5) is 4.36. The molecule has 5 heteroatoms. The molecule has 3 aromatic rings. The van der Waals surface area contributed by atoms with Crippen LogP contribution < -0.4 is 15.2 Å². The Bertz CT molecular complexity index is 992. The predicted molar refractivity (Wildman–Crippen MR) is 101 cm³/mol. The summed E-state index contributed by atoms with van der Waals surface area (Å²) >= 11 is 0. The summed E-state index contributed by atoms with van der Waals surface area (Å²) < 4.78 is 23.8. The van der Waals surface area contributed by atoms with Gasteiger partial charge in [0.05, 0.1) is 25.5 Å². The van der Waals surface area contributed by atoms with Crippen LogP contribution in [0.3, 0.4) is 0 Å². The normalized spacial score (nSPS) is 10.2. The standard InChI is InChI=1S/C21H17FN2O2/c1-4-16-17(14-7-10-19(25-2)20(11-14)26-3)12-18(24-21(16)23)13-5-8-15(22)9-6-13/h1,5-12H,2-3H3,(H2,23,24). The fourth-order valence-corrected chi connectivity index (χ4v) is 2.72. The molecular weight excluding hydrogens is 331 g/mol. The van der Waals surface area contributed by atoms with Crippen molar-refractivity contribution in [1.82, 2.24) is 4.98 Å². The van der Waals surface area contributed by atoms with Crippen molar-refractivity contribution < 1.29 is 13.9 Å². The number of hydrogen-bond acceptors (Lipinski definition) is 4. The van der Waals surface area contributed by atoms with Crippen LogP contribution in [0.2, 0.25) is 0 Å². The van der Waals surface area contributed by atoms with Gasteiger partial charge in [0.15, 0.2) is 11.5 Å². The van der Waals surface area contributed by atoms with Crippen molar-refractivity contribution in [2.24, 2.45) is 0 Å². The Hall–Kier alpha value is -3.52. The van der Waals surface area contributed by atoms with E-state index in [0.29, 0.717) is 22.8 Å². The second-order valence-electron chi connectivity index (χ2n) is 5.54. The Kier molecular flexibility index (Phi) is 4.76. The van der Waals surface area contributed by atoms with E-state index in [1.54, 1.807) is 32.4 Å². The highest BCUT2D eigenvalue weighted by molar-refractivity contribution is 5.81. The summed E-state index contributed by atoms with van der Waals surface area (Å²) in [7, 11) is 3.13. The van der Waals surface area contributed by atoms with Crippen molar-refractivity contribution in [1.29, 1.82) is 0 Å². The highest BCUT2D eigenvalue weighted by Crippen LogP contribution is 2.36. The second kappa shape index (κ2) is 7.16. The van der Waals surface area contributed by atoms with Crippen LogP contribution >= 0.6 is 0 Å². The van der Waals surface area contributed by atoms with Gasteiger partial charge in [-0.15, -0.1) is 6.42 Å². The Morgan fingerprint density at radius 1 is 0.962 bits per heavy atom. The maximum absolute atomic E-state index is 13.2. The highest BCUT2D eigenvalue weighted by Gasteiger charge is 2.14. The fraction of sp³-hybridized carbons (Fsp3) is 0.0952. The van der Waals surface area contributed by atoms with E-state index in [1.165, 1.54) is 12.1 Å². The number of nitrogens with two attached hydrogens (primary N) is 1. The number of rotatable bonds is 4. The zero-order valence-corrected chi connectivity index (χ0v) is 14.4. The van der Waals surface area contributed by atoms with Crippen LogP contribution in [0, 0.1) is 18.2 Å². The molecule has 1 aromatic heterocycles. The first-order valence-corrected chi connectivity index (χ1v) is 7.83. The van der Waals surface area contributed by atoms with Gasteiger partial charge in [-0.3, -0.25) is 0 Å². The molecule has 0 amide bonds. The first-order valence-electron chi connectivity index (χ1n) is 7.83. The molecule has 0 aliphatic carbocycles. The third-order valence-electron chi connectivity index (χ3n) is 4.03. The van der Waals surface area contributed by atoms with Crippen molar-refractivity contribution in [3.63, 3.8) is 0 Å². The van der Waals surface area contributed by atoms with E-state index < -0.39 is 0 Å². The summed E-state index contributed by atoms with van der Waals surface area (Å²) in [5, 5.41) is 0. The minimum absolute atomic E-state index is 0.235. The van der Waals surface area contributed by atoms with Crippen molar-refractivity contribution in [3.05, 3.63) is 59.9 Å². The molecule has 0 spiro atoms. The number of ether oxygens (including phenoxy) is 2. The number of anilines is 1. The van der Waals surface area contributed by atoms with Gasteiger partial charge in [0, 0.05) is 11.1 Å². The molecule has 3 rings (SSSR count). The van der Waals surface area contributed by atoms with E-state index in [-0.39, 0.29) is 11.6 Å². The van der Waals surface area contributed by atoms with Gasteiger partial charge in [-0.1, -0.05) is 12.0 Å². The van der Waals surface area contributed by atoms with Crippen molar-refractivity contribution in [3.8, 4) is 46.2 Å². The molecule has 4 nitrogen and oxygen atoms in total. The largest absolute Gasteiger partial charge is 0.493 e. The predicted octanol–water partition coefficient (Wildman–Crippen LogP) is 4.14. The molecule has 0 bridgehead atoms. The van der Waals surface area contributed by atoms with Crippen LogP contribution in [0.4, 0.5) is 10.2 Å². The van der Waals surface area contributed by atoms with Gasteiger partial charge in [0.1, 0.15) is 11.6 Å². The van der Waals surface area contributed by atoms with Gasteiger partial charge < -0.3 is 15.2 Å². The Balaban J connectivity index is 2.20. The maximum Gasteiger partial charge on any atom is 0.161 e. The molecule has 0 saturated heterocycles. The Morgan fingerprint density at radius 2 is 1.62 bits per heavy atom. The molecule has 2 aromatic carbocycles. The lowest BCUT2D eigenvalue weighted by Crippen LogP contribution is -2.00. The lowest BCUT2D eigenvalue weighted by molar-refractivity contribution is 0.355.